The number of nitrogens with one attached hydrogen (secondary N) is 1. The average Bonchev–Trinajstić information content (AvgIpc) is 2.99. The van der Waals surface area contributed by atoms with E-state index in [-0.39, 0.29) is 5.56 Å². The van der Waals surface area contributed by atoms with Crippen molar-refractivity contribution >= 4 is 11.0 Å². The zero-order valence-corrected chi connectivity index (χ0v) is 13.3. The minimum atomic E-state index is -0.151. The monoisotopic (exact) mass is 323 g/mol. The summed E-state index contributed by atoms with van der Waals surface area (Å²) in [6.45, 7) is 1.68. The third kappa shape index (κ3) is 3.47. The van der Waals surface area contributed by atoms with E-state index in [9.17, 15) is 4.79 Å². The molecule has 0 unspecified atom stereocenters. The molecule has 0 bridgehead atoms. The Hall–Kier alpha value is -3.04. The average molecular weight is 323 g/mol. The Morgan fingerprint density at radius 3 is 2.96 bits per heavy atom. The van der Waals surface area contributed by atoms with E-state index < -0.39 is 0 Å². The highest BCUT2D eigenvalue weighted by molar-refractivity contribution is 5.76. The normalized spacial score (nSPS) is 10.9. The van der Waals surface area contributed by atoms with Crippen molar-refractivity contribution in [3.63, 3.8) is 0 Å². The van der Waals surface area contributed by atoms with E-state index in [1.165, 1.54) is 0 Å². The van der Waals surface area contributed by atoms with Crippen LogP contribution in [0, 0.1) is 11.3 Å². The molecular formula is C18H17N3O3. The van der Waals surface area contributed by atoms with Crippen molar-refractivity contribution in [2.75, 3.05) is 20.2 Å². The lowest BCUT2D eigenvalue weighted by atomic mass is 10.2. The zero-order chi connectivity index (χ0) is 16.9. The number of hydrogen-bond acceptors (Lipinski definition) is 5. The van der Waals surface area contributed by atoms with Crippen LogP contribution < -0.4 is 10.3 Å². The number of H-pyrrole nitrogens is 1. The Labute approximate surface area is 138 Å². The van der Waals surface area contributed by atoms with Crippen LogP contribution in [0.15, 0.2) is 51.8 Å². The van der Waals surface area contributed by atoms with Crippen LogP contribution in [-0.2, 0) is 6.54 Å². The number of likely N-dealkylation sites (N-methyl/N-ethyl adjacent to an activating group) is 1. The second-order valence-corrected chi connectivity index (χ2v) is 5.49. The highest BCUT2D eigenvalue weighted by atomic mass is 16.5. The molecule has 0 radical (unpaired) electrons. The molecule has 3 rings (SSSR count). The van der Waals surface area contributed by atoms with Crippen LogP contribution in [0.4, 0.5) is 0 Å². The van der Waals surface area contributed by atoms with Crippen molar-refractivity contribution in [3.8, 4) is 11.8 Å². The molecule has 122 valence electrons. The Bertz CT molecular complexity index is 936. The molecule has 2 aromatic heterocycles. The molecule has 0 spiro atoms. The number of nitrogens with zero attached hydrogens (tertiary/aromatic N) is 2. The molecular weight excluding hydrogens is 306 g/mol. The van der Waals surface area contributed by atoms with Gasteiger partial charge in [0.25, 0.3) is 5.56 Å². The second kappa shape index (κ2) is 7.02. The molecule has 0 aliphatic carbocycles. The summed E-state index contributed by atoms with van der Waals surface area (Å²) in [5.74, 6) is 1.31. The lowest BCUT2D eigenvalue weighted by Gasteiger charge is -2.15. The van der Waals surface area contributed by atoms with E-state index in [2.05, 4.69) is 11.1 Å². The maximum Gasteiger partial charge on any atom is 0.259 e. The minimum Gasteiger partial charge on any atom is -0.491 e. The van der Waals surface area contributed by atoms with Crippen molar-refractivity contribution in [1.29, 1.82) is 5.26 Å². The highest BCUT2D eigenvalue weighted by Gasteiger charge is 2.09. The van der Waals surface area contributed by atoms with Gasteiger partial charge in [0, 0.05) is 12.7 Å². The molecule has 1 aromatic carbocycles. The molecule has 6 nitrogen and oxygen atoms in total. The van der Waals surface area contributed by atoms with Crippen molar-refractivity contribution in [1.82, 2.24) is 9.88 Å². The van der Waals surface area contributed by atoms with Gasteiger partial charge in [0.15, 0.2) is 0 Å². The number of aromatic nitrogens is 1. The maximum absolute atomic E-state index is 11.7. The number of benzene rings is 1. The standard InChI is InChI=1S/C18H17N3O3/c1-21(8-9-23-16-5-3-2-4-13(16)11-19)12-14-10-15-17(24-14)6-7-20-18(15)22/h2-7,10H,8-9,12H2,1H3,(H,20,22). The van der Waals surface area contributed by atoms with Gasteiger partial charge in [-0.25, -0.2) is 0 Å². The van der Waals surface area contributed by atoms with Crippen LogP contribution in [0.1, 0.15) is 11.3 Å². The SMILES string of the molecule is CN(CCOc1ccccc1C#N)Cc1cc2c(=O)[nH]ccc2o1. The van der Waals surface area contributed by atoms with Crippen LogP contribution in [-0.4, -0.2) is 30.1 Å². The van der Waals surface area contributed by atoms with Crippen LogP contribution in [0.2, 0.25) is 0 Å². The molecule has 1 N–H and O–H groups in total. The van der Waals surface area contributed by atoms with E-state index in [4.69, 9.17) is 14.4 Å². The molecule has 0 aliphatic rings. The summed E-state index contributed by atoms with van der Waals surface area (Å²) in [5, 5.41) is 9.59. The Kier molecular flexibility index (Phi) is 4.64. The molecule has 0 amide bonds. The van der Waals surface area contributed by atoms with Crippen LogP contribution in [0.3, 0.4) is 0 Å². The number of ether oxygens (including phenoxy) is 1. The van der Waals surface area contributed by atoms with Crippen LogP contribution in [0.25, 0.3) is 11.0 Å². The van der Waals surface area contributed by atoms with E-state index in [0.29, 0.717) is 42.0 Å². The van der Waals surface area contributed by atoms with Gasteiger partial charge >= 0.3 is 0 Å². The molecule has 24 heavy (non-hydrogen) atoms. The summed E-state index contributed by atoms with van der Waals surface area (Å²) < 4.78 is 11.3. The highest BCUT2D eigenvalue weighted by Crippen LogP contribution is 2.17. The minimum absolute atomic E-state index is 0.151. The van der Waals surface area contributed by atoms with Gasteiger partial charge in [0.05, 0.1) is 17.5 Å². The van der Waals surface area contributed by atoms with Crippen LogP contribution in [0.5, 0.6) is 5.75 Å². The molecule has 0 fully saturated rings. The molecule has 2 heterocycles. The molecule has 0 saturated carbocycles. The Morgan fingerprint density at radius 1 is 1.33 bits per heavy atom. The van der Waals surface area contributed by atoms with Gasteiger partial charge in [-0.2, -0.15) is 5.26 Å². The van der Waals surface area contributed by atoms with Gasteiger partial charge in [-0.1, -0.05) is 12.1 Å². The number of furan rings is 1. The fourth-order valence-electron chi connectivity index (χ4n) is 2.45. The third-order valence-corrected chi connectivity index (χ3v) is 3.67. The molecule has 6 heteroatoms. The van der Waals surface area contributed by atoms with Gasteiger partial charge in [0.2, 0.25) is 0 Å². The Morgan fingerprint density at radius 2 is 2.17 bits per heavy atom. The molecule has 0 saturated heterocycles. The third-order valence-electron chi connectivity index (χ3n) is 3.67. The van der Waals surface area contributed by atoms with Crippen molar-refractivity contribution in [3.05, 3.63) is 64.3 Å². The maximum atomic E-state index is 11.7. The summed E-state index contributed by atoms with van der Waals surface area (Å²) >= 11 is 0. The van der Waals surface area contributed by atoms with Gasteiger partial charge in [-0.3, -0.25) is 9.69 Å². The molecule has 0 atom stereocenters. The lowest BCUT2D eigenvalue weighted by molar-refractivity contribution is 0.223. The summed E-state index contributed by atoms with van der Waals surface area (Å²) in [7, 11) is 1.94. The van der Waals surface area contributed by atoms with E-state index in [1.807, 2.05) is 18.0 Å². The van der Waals surface area contributed by atoms with Crippen LogP contribution >= 0.6 is 0 Å². The summed E-state index contributed by atoms with van der Waals surface area (Å²) in [4.78, 5) is 16.3. The molecule has 3 aromatic rings. The van der Waals surface area contributed by atoms with E-state index in [0.717, 1.165) is 5.76 Å². The number of nitriles is 1. The number of para-hydroxylation sites is 1. The number of rotatable bonds is 6. The summed E-state index contributed by atoms with van der Waals surface area (Å²) in [6, 6.07) is 12.8. The van der Waals surface area contributed by atoms with Crippen molar-refractivity contribution < 1.29 is 9.15 Å². The Balaban J connectivity index is 1.57. The first-order valence-corrected chi connectivity index (χ1v) is 7.58. The summed E-state index contributed by atoms with van der Waals surface area (Å²) in [5.41, 5.74) is 0.958. The van der Waals surface area contributed by atoms with E-state index >= 15 is 0 Å². The second-order valence-electron chi connectivity index (χ2n) is 5.49. The predicted octanol–water partition coefficient (Wildman–Crippen LogP) is 2.50. The molecule has 0 aliphatic heterocycles. The largest absolute Gasteiger partial charge is 0.491 e. The van der Waals surface area contributed by atoms with Crippen molar-refractivity contribution in [2.24, 2.45) is 0 Å². The van der Waals surface area contributed by atoms with Gasteiger partial charge in [-0.15, -0.1) is 0 Å². The van der Waals surface area contributed by atoms with E-state index in [1.54, 1.807) is 36.5 Å². The van der Waals surface area contributed by atoms with Gasteiger partial charge in [-0.05, 0) is 31.3 Å². The van der Waals surface area contributed by atoms with Crippen molar-refractivity contribution in [2.45, 2.75) is 6.54 Å². The summed E-state index contributed by atoms with van der Waals surface area (Å²) in [6.07, 6.45) is 1.57. The first kappa shape index (κ1) is 15.8. The smallest absolute Gasteiger partial charge is 0.259 e. The number of aromatic amines is 1. The number of hydrogen-bond donors (Lipinski definition) is 1. The predicted molar refractivity (Wildman–Crippen MR) is 89.8 cm³/mol. The first-order chi connectivity index (χ1) is 11.7. The van der Waals surface area contributed by atoms with Gasteiger partial charge < -0.3 is 14.1 Å². The first-order valence-electron chi connectivity index (χ1n) is 7.58. The topological polar surface area (TPSA) is 82.3 Å². The quantitative estimate of drug-likeness (QED) is 0.753. The lowest BCUT2D eigenvalue weighted by Crippen LogP contribution is -2.23. The number of fused-ring (bicyclic) bond motifs is 1. The fraction of sp³-hybridized carbons (Fsp3) is 0.222. The number of pyridine rings is 1. The zero-order valence-electron chi connectivity index (χ0n) is 13.3. The fourth-order valence-corrected chi connectivity index (χ4v) is 2.45. The van der Waals surface area contributed by atoms with Gasteiger partial charge in [0.1, 0.15) is 29.8 Å².